The number of hydroxylamine groups is 1. The van der Waals surface area contributed by atoms with Gasteiger partial charge in [-0.3, -0.25) is 9.63 Å². The fourth-order valence-electron chi connectivity index (χ4n) is 0.951. The van der Waals surface area contributed by atoms with Crippen LogP contribution in [0.25, 0.3) is 0 Å². The van der Waals surface area contributed by atoms with E-state index in [0.29, 0.717) is 0 Å². The average Bonchev–Trinajstić information content (AvgIpc) is 2.22. The molecule has 0 bridgehead atoms. The Hall–Kier alpha value is -1.82. The molecule has 0 fully saturated rings. The molecule has 0 aliphatic heterocycles. The van der Waals surface area contributed by atoms with Crippen molar-refractivity contribution in [3.63, 3.8) is 0 Å². The molecule has 0 aliphatic rings. The van der Waals surface area contributed by atoms with Gasteiger partial charge in [-0.25, -0.2) is 9.87 Å². The lowest BCUT2D eigenvalue weighted by molar-refractivity contribution is 0.0264. The molecule has 0 saturated carbocycles. The Bertz CT molecular complexity index is 357. The lowest BCUT2D eigenvalue weighted by Crippen LogP contribution is -2.25. The lowest BCUT2D eigenvalue weighted by atomic mass is 10.1. The first kappa shape index (κ1) is 11.3. The van der Waals surface area contributed by atoms with E-state index in [-0.39, 0.29) is 23.6 Å². The maximum Gasteiger partial charge on any atom is 0.277 e. The Morgan fingerprint density at radius 3 is 3.00 bits per heavy atom. The van der Waals surface area contributed by atoms with Crippen LogP contribution >= 0.6 is 0 Å². The van der Waals surface area contributed by atoms with Crippen LogP contribution in [-0.4, -0.2) is 24.3 Å². The van der Waals surface area contributed by atoms with Gasteiger partial charge in [0.2, 0.25) is 0 Å². The van der Waals surface area contributed by atoms with E-state index >= 15 is 0 Å². The normalized spacial score (nSPS) is 9.93. The first-order valence-electron chi connectivity index (χ1n) is 4.21. The summed E-state index contributed by atoms with van der Waals surface area (Å²) in [5.41, 5.74) is 7.77. The molecule has 0 atom stereocenters. The number of hydrogen-bond acceptors (Lipinski definition) is 4. The number of anilines is 1. The number of benzene rings is 1. The van der Waals surface area contributed by atoms with E-state index in [4.69, 9.17) is 10.8 Å². The number of hydrogen-bond donors (Lipinski definition) is 3. The maximum atomic E-state index is 11.6. The zero-order chi connectivity index (χ0) is 11.3. The van der Waals surface area contributed by atoms with Crippen LogP contribution in [0.1, 0.15) is 10.4 Å². The van der Waals surface area contributed by atoms with Crippen LogP contribution < -0.4 is 11.2 Å². The number of carbonyl (C=O) groups excluding carboxylic acids is 1. The highest BCUT2D eigenvalue weighted by molar-refractivity contribution is 5.98. The summed E-state index contributed by atoms with van der Waals surface area (Å²) in [7, 11) is 0. The summed E-state index contributed by atoms with van der Waals surface area (Å²) >= 11 is 0. The minimum absolute atomic E-state index is 0.0776. The largest absolute Gasteiger partial charge is 0.508 e. The van der Waals surface area contributed by atoms with Crippen LogP contribution in [0.3, 0.4) is 0 Å². The van der Waals surface area contributed by atoms with Crippen molar-refractivity contribution in [3.05, 3.63) is 23.8 Å². The van der Waals surface area contributed by atoms with Gasteiger partial charge in [0.05, 0.1) is 5.56 Å². The summed E-state index contributed by atoms with van der Waals surface area (Å²) in [5.74, 6) is -0.711. The smallest absolute Gasteiger partial charge is 0.277 e. The van der Waals surface area contributed by atoms with Crippen molar-refractivity contribution in [2.24, 2.45) is 0 Å². The van der Waals surface area contributed by atoms with E-state index in [0.717, 1.165) is 0 Å². The highest BCUT2D eigenvalue weighted by Gasteiger charge is 2.10. The van der Waals surface area contributed by atoms with Crippen molar-refractivity contribution < 1.29 is 19.1 Å². The number of phenols is 1. The summed E-state index contributed by atoms with van der Waals surface area (Å²) in [4.78, 5) is 15.8. The van der Waals surface area contributed by atoms with Gasteiger partial charge in [-0.15, -0.1) is 0 Å². The molecule has 4 N–H and O–H groups in total. The lowest BCUT2D eigenvalue weighted by Gasteiger charge is -2.06. The van der Waals surface area contributed by atoms with E-state index in [1.807, 2.05) is 5.48 Å². The molecule has 1 aromatic rings. The van der Waals surface area contributed by atoms with Gasteiger partial charge in [-0.1, -0.05) is 0 Å². The predicted octanol–water partition coefficient (Wildman–Crippen LogP) is 0.605. The van der Waals surface area contributed by atoms with Crippen LogP contribution in [0.15, 0.2) is 18.2 Å². The Kier molecular flexibility index (Phi) is 3.87. The fraction of sp³-hybridized carbons (Fsp3) is 0.222. The Morgan fingerprint density at radius 2 is 2.33 bits per heavy atom. The first-order valence-corrected chi connectivity index (χ1v) is 4.21. The molecule has 0 heterocycles. The molecule has 1 aromatic carbocycles. The Labute approximate surface area is 85.6 Å². The van der Waals surface area contributed by atoms with Crippen LogP contribution in [0.5, 0.6) is 5.75 Å². The quantitative estimate of drug-likeness (QED) is 0.296. The third-order valence-electron chi connectivity index (χ3n) is 1.63. The van der Waals surface area contributed by atoms with Crippen molar-refractivity contribution in [1.29, 1.82) is 0 Å². The second kappa shape index (κ2) is 5.16. The van der Waals surface area contributed by atoms with Gasteiger partial charge in [0.15, 0.2) is 0 Å². The number of rotatable bonds is 4. The number of nitrogens with two attached hydrogens (primary N) is 1. The monoisotopic (exact) mass is 214 g/mol. The highest BCUT2D eigenvalue weighted by atomic mass is 19.1. The summed E-state index contributed by atoms with van der Waals surface area (Å²) in [5, 5.41) is 9.12. The Balaban J connectivity index is 2.68. The van der Waals surface area contributed by atoms with Gasteiger partial charge in [-0.2, -0.15) is 0 Å². The zero-order valence-electron chi connectivity index (χ0n) is 7.87. The number of phenolic OH excluding ortho intramolecular Hbond substituents is 1. The van der Waals surface area contributed by atoms with Gasteiger partial charge < -0.3 is 10.8 Å². The molecule has 82 valence electrons. The SMILES string of the molecule is Nc1ccc(O)cc1C(=O)NOCCF. The number of nitrogens with one attached hydrogen (secondary N) is 1. The summed E-state index contributed by atoms with van der Waals surface area (Å²) in [6, 6.07) is 3.94. The van der Waals surface area contributed by atoms with Crippen LogP contribution in [0.2, 0.25) is 0 Å². The van der Waals surface area contributed by atoms with E-state index in [2.05, 4.69) is 4.84 Å². The molecule has 1 amide bonds. The fourth-order valence-corrected chi connectivity index (χ4v) is 0.951. The number of nitrogen functional groups attached to an aromatic ring is 1. The third kappa shape index (κ3) is 3.10. The molecule has 0 aliphatic carbocycles. The molecule has 0 radical (unpaired) electrons. The highest BCUT2D eigenvalue weighted by Crippen LogP contribution is 2.17. The van der Waals surface area contributed by atoms with Crippen molar-refractivity contribution in [1.82, 2.24) is 5.48 Å². The van der Waals surface area contributed by atoms with Crippen molar-refractivity contribution in [2.45, 2.75) is 0 Å². The van der Waals surface area contributed by atoms with Crippen molar-refractivity contribution in [2.75, 3.05) is 19.0 Å². The number of alkyl halides is 1. The summed E-state index contributed by atoms with van der Waals surface area (Å²) < 4.78 is 11.6. The predicted molar refractivity (Wildman–Crippen MR) is 51.9 cm³/mol. The minimum atomic E-state index is -0.699. The van der Waals surface area contributed by atoms with Gasteiger partial charge in [0.25, 0.3) is 5.91 Å². The zero-order valence-corrected chi connectivity index (χ0v) is 7.87. The molecule has 6 heteroatoms. The van der Waals surface area contributed by atoms with Crippen molar-refractivity contribution in [3.8, 4) is 5.75 Å². The molecule has 0 saturated heterocycles. The molecule has 0 unspecified atom stereocenters. The van der Waals surface area contributed by atoms with Crippen LogP contribution in [-0.2, 0) is 4.84 Å². The topological polar surface area (TPSA) is 84.6 Å². The standard InChI is InChI=1S/C9H11FN2O3/c10-3-4-15-12-9(14)7-5-6(13)1-2-8(7)11/h1-2,5,13H,3-4,11H2,(H,12,14). The van der Waals surface area contributed by atoms with Gasteiger partial charge in [0.1, 0.15) is 19.0 Å². The molecule has 0 aromatic heterocycles. The van der Waals surface area contributed by atoms with Gasteiger partial charge in [0, 0.05) is 5.69 Å². The molecule has 5 nitrogen and oxygen atoms in total. The van der Waals surface area contributed by atoms with E-state index in [9.17, 15) is 9.18 Å². The second-order valence-corrected chi connectivity index (χ2v) is 2.74. The Morgan fingerprint density at radius 1 is 1.60 bits per heavy atom. The third-order valence-corrected chi connectivity index (χ3v) is 1.63. The number of amides is 1. The maximum absolute atomic E-state index is 11.6. The number of halogens is 1. The molecular weight excluding hydrogens is 203 g/mol. The van der Waals surface area contributed by atoms with E-state index in [1.54, 1.807) is 0 Å². The van der Waals surface area contributed by atoms with Crippen molar-refractivity contribution >= 4 is 11.6 Å². The molecule has 15 heavy (non-hydrogen) atoms. The minimum Gasteiger partial charge on any atom is -0.508 e. The van der Waals surface area contributed by atoms with Gasteiger partial charge in [-0.05, 0) is 18.2 Å². The number of aromatic hydroxyl groups is 1. The molecular formula is C9H11FN2O3. The first-order chi connectivity index (χ1) is 7.15. The molecule has 0 spiro atoms. The summed E-state index contributed by atoms with van der Waals surface area (Å²) in [6.07, 6.45) is 0. The second-order valence-electron chi connectivity index (χ2n) is 2.74. The van der Waals surface area contributed by atoms with Crippen LogP contribution in [0, 0.1) is 0 Å². The van der Waals surface area contributed by atoms with E-state index in [1.165, 1.54) is 18.2 Å². The summed E-state index contributed by atoms with van der Waals surface area (Å²) in [6.45, 7) is -0.930. The average molecular weight is 214 g/mol. The van der Waals surface area contributed by atoms with E-state index < -0.39 is 12.6 Å². The molecule has 1 rings (SSSR count). The number of carbonyl (C=O) groups is 1. The van der Waals surface area contributed by atoms with Gasteiger partial charge >= 0.3 is 0 Å². The van der Waals surface area contributed by atoms with Crippen LogP contribution in [0.4, 0.5) is 10.1 Å².